The van der Waals surface area contributed by atoms with Gasteiger partial charge >= 0.3 is 0 Å². The lowest BCUT2D eigenvalue weighted by atomic mass is 9.91. The van der Waals surface area contributed by atoms with E-state index in [0.29, 0.717) is 5.92 Å². The van der Waals surface area contributed by atoms with Gasteiger partial charge in [-0.2, -0.15) is 0 Å². The van der Waals surface area contributed by atoms with Crippen LogP contribution in [0.5, 0.6) is 0 Å². The second kappa shape index (κ2) is 11.0. The van der Waals surface area contributed by atoms with Gasteiger partial charge in [0.15, 0.2) is 0 Å². The maximum Gasteiger partial charge on any atom is 0.0546 e. The lowest BCUT2D eigenvalue weighted by molar-refractivity contribution is 0.837. The Bertz CT molecular complexity index is 2620. The molecule has 1 unspecified atom stereocenters. The molecule has 1 heterocycles. The molecule has 0 fully saturated rings. The molecule has 2 aliphatic rings. The summed E-state index contributed by atoms with van der Waals surface area (Å²) in [6, 6.07) is 56.2. The number of benzene rings is 8. The van der Waals surface area contributed by atoms with E-state index in [2.05, 4.69) is 175 Å². The van der Waals surface area contributed by atoms with Crippen LogP contribution in [0.25, 0.3) is 54.2 Å². The monoisotopic (exact) mass is 629 g/mol. The molecule has 0 bridgehead atoms. The zero-order chi connectivity index (χ0) is 31.6. The zero-order valence-electron chi connectivity index (χ0n) is 26.3. The van der Waals surface area contributed by atoms with E-state index >= 15 is 0 Å². The Morgan fingerprint density at radius 2 is 1.23 bits per heavy atom. The Hall–Kier alpha value is -5.57. The van der Waals surface area contributed by atoms with E-state index in [-0.39, 0.29) is 0 Å². The molecule has 2 heteroatoms. The van der Waals surface area contributed by atoms with Crippen LogP contribution in [-0.4, -0.2) is 0 Å². The van der Waals surface area contributed by atoms with E-state index in [4.69, 9.17) is 0 Å². The largest absolute Gasteiger partial charge is 0.310 e. The first-order valence-electron chi connectivity index (χ1n) is 16.7. The van der Waals surface area contributed by atoms with Crippen molar-refractivity contribution in [2.45, 2.75) is 17.2 Å². The molecular weight excluding hydrogens is 599 g/mol. The summed E-state index contributed by atoms with van der Waals surface area (Å²) in [4.78, 5) is 5.31. The van der Waals surface area contributed by atoms with Gasteiger partial charge in [-0.3, -0.25) is 0 Å². The van der Waals surface area contributed by atoms with Gasteiger partial charge in [0.2, 0.25) is 0 Å². The average Bonchev–Trinajstić information content (AvgIpc) is 3.53. The van der Waals surface area contributed by atoms with E-state index in [9.17, 15) is 0 Å². The fraction of sp³-hybridized carbons (Fsp3) is 0.0435. The maximum absolute atomic E-state index is 2.48. The molecule has 8 aromatic carbocycles. The van der Waals surface area contributed by atoms with E-state index in [0.717, 1.165) is 12.1 Å². The molecule has 0 radical (unpaired) electrons. The highest BCUT2D eigenvalue weighted by Crippen LogP contribution is 2.53. The van der Waals surface area contributed by atoms with Crippen molar-refractivity contribution in [1.82, 2.24) is 0 Å². The standard InChI is InChI=1S/C46H31NS/c1-3-13-36-30(10-1)12-9-18-37(36)32-22-24-34(25-23-32)47(35-26-27-45-42(29-35)40-16-7-8-19-44(40)48-45)43-28-33-21-20-31-11-2-4-14-38(31)46(33)41-17-6-5-15-39(41)43/h1-15,17-29,40H,16H2. The first-order chi connectivity index (χ1) is 23.8. The molecule has 0 saturated heterocycles. The smallest absolute Gasteiger partial charge is 0.0546 e. The summed E-state index contributed by atoms with van der Waals surface area (Å²) in [5.74, 6) is 0.435. The molecule has 226 valence electrons. The number of rotatable bonds is 4. The Labute approximate surface area is 284 Å². The van der Waals surface area contributed by atoms with Gasteiger partial charge in [0.1, 0.15) is 0 Å². The number of fused-ring (bicyclic) bond motifs is 9. The SMILES string of the molecule is C1=CCC2C(=C1)Sc1ccc(N(c3ccc(-c4cccc5ccccc45)cc3)c3cc4ccc5ccccc5c4c4ccccc34)cc12. The fourth-order valence-electron chi connectivity index (χ4n) is 7.90. The zero-order valence-corrected chi connectivity index (χ0v) is 27.1. The lowest BCUT2D eigenvalue weighted by Crippen LogP contribution is -2.11. The number of thioether (sulfide) groups is 1. The normalized spacial score (nSPS) is 15.2. The van der Waals surface area contributed by atoms with Gasteiger partial charge in [-0.05, 0) is 102 Å². The molecule has 8 aromatic rings. The van der Waals surface area contributed by atoms with Crippen molar-refractivity contribution in [2.24, 2.45) is 0 Å². The molecule has 1 nitrogen and oxygen atoms in total. The molecule has 0 spiro atoms. The van der Waals surface area contributed by atoms with E-state index in [1.807, 2.05) is 11.8 Å². The molecule has 0 saturated carbocycles. The van der Waals surface area contributed by atoms with Gasteiger partial charge in [-0.25, -0.2) is 0 Å². The molecule has 0 aromatic heterocycles. The van der Waals surface area contributed by atoms with Crippen LogP contribution in [0.4, 0.5) is 17.1 Å². The third-order valence-electron chi connectivity index (χ3n) is 10.2. The van der Waals surface area contributed by atoms with Crippen molar-refractivity contribution in [3.05, 3.63) is 180 Å². The Morgan fingerprint density at radius 1 is 0.542 bits per heavy atom. The third kappa shape index (κ3) is 4.33. The van der Waals surface area contributed by atoms with Crippen molar-refractivity contribution in [2.75, 3.05) is 4.90 Å². The number of anilines is 3. The minimum absolute atomic E-state index is 0.435. The number of nitrogens with zero attached hydrogens (tertiary/aromatic N) is 1. The molecule has 1 atom stereocenters. The fourth-order valence-corrected chi connectivity index (χ4v) is 9.12. The predicted molar refractivity (Wildman–Crippen MR) is 207 cm³/mol. The van der Waals surface area contributed by atoms with Crippen molar-refractivity contribution in [1.29, 1.82) is 0 Å². The summed E-state index contributed by atoms with van der Waals surface area (Å²) in [6.45, 7) is 0. The van der Waals surface area contributed by atoms with Crippen LogP contribution in [-0.2, 0) is 0 Å². The van der Waals surface area contributed by atoms with Crippen molar-refractivity contribution < 1.29 is 0 Å². The summed E-state index contributed by atoms with van der Waals surface area (Å²) in [7, 11) is 0. The van der Waals surface area contributed by atoms with Crippen LogP contribution >= 0.6 is 11.8 Å². The highest BCUT2D eigenvalue weighted by molar-refractivity contribution is 8.03. The molecule has 0 amide bonds. The molecule has 48 heavy (non-hydrogen) atoms. The van der Waals surface area contributed by atoms with Gasteiger partial charge < -0.3 is 4.90 Å². The Balaban J connectivity index is 1.20. The first-order valence-corrected chi connectivity index (χ1v) is 17.5. The van der Waals surface area contributed by atoms with Gasteiger partial charge in [0.05, 0.1) is 5.69 Å². The molecule has 1 aliphatic carbocycles. The van der Waals surface area contributed by atoms with Crippen LogP contribution in [0.3, 0.4) is 0 Å². The third-order valence-corrected chi connectivity index (χ3v) is 11.4. The van der Waals surface area contributed by atoms with Crippen LogP contribution in [0, 0.1) is 0 Å². The quantitative estimate of drug-likeness (QED) is 0.178. The number of hydrogen-bond acceptors (Lipinski definition) is 2. The van der Waals surface area contributed by atoms with Crippen molar-refractivity contribution in [3.63, 3.8) is 0 Å². The predicted octanol–water partition coefficient (Wildman–Crippen LogP) is 13.5. The molecule has 0 N–H and O–H groups in total. The van der Waals surface area contributed by atoms with Crippen molar-refractivity contribution >= 4 is 71.9 Å². The van der Waals surface area contributed by atoms with Gasteiger partial charge in [-0.1, -0.05) is 145 Å². The van der Waals surface area contributed by atoms with Crippen LogP contribution in [0.1, 0.15) is 17.9 Å². The maximum atomic E-state index is 2.48. The lowest BCUT2D eigenvalue weighted by Gasteiger charge is -2.29. The molecule has 10 rings (SSSR count). The highest BCUT2D eigenvalue weighted by Gasteiger charge is 2.30. The summed E-state index contributed by atoms with van der Waals surface area (Å²) in [5, 5.41) is 10.2. The first kappa shape index (κ1) is 27.5. The Morgan fingerprint density at radius 3 is 2.08 bits per heavy atom. The molecule has 1 aliphatic heterocycles. The summed E-state index contributed by atoms with van der Waals surface area (Å²) >= 11 is 1.93. The minimum atomic E-state index is 0.435. The second-order valence-electron chi connectivity index (χ2n) is 12.8. The number of allylic oxidation sites excluding steroid dienone is 4. The van der Waals surface area contributed by atoms with Gasteiger partial charge in [0, 0.05) is 27.6 Å². The topological polar surface area (TPSA) is 3.24 Å². The van der Waals surface area contributed by atoms with Crippen LogP contribution < -0.4 is 4.90 Å². The van der Waals surface area contributed by atoms with E-state index in [1.54, 1.807) is 0 Å². The average molecular weight is 630 g/mol. The van der Waals surface area contributed by atoms with E-state index in [1.165, 1.54) is 81.0 Å². The second-order valence-corrected chi connectivity index (χ2v) is 14.0. The van der Waals surface area contributed by atoms with Crippen LogP contribution in [0.2, 0.25) is 0 Å². The van der Waals surface area contributed by atoms with Gasteiger partial charge in [-0.15, -0.1) is 0 Å². The molecular formula is C46H31NS. The number of hydrogen-bond donors (Lipinski definition) is 0. The minimum Gasteiger partial charge on any atom is -0.310 e. The van der Waals surface area contributed by atoms with Gasteiger partial charge in [0.25, 0.3) is 0 Å². The van der Waals surface area contributed by atoms with Crippen LogP contribution in [0.15, 0.2) is 180 Å². The summed E-state index contributed by atoms with van der Waals surface area (Å²) in [5.41, 5.74) is 7.44. The van der Waals surface area contributed by atoms with Crippen molar-refractivity contribution in [3.8, 4) is 11.1 Å². The Kier molecular flexibility index (Phi) is 6.32. The van der Waals surface area contributed by atoms with E-state index < -0.39 is 0 Å². The highest BCUT2D eigenvalue weighted by atomic mass is 32.2. The summed E-state index contributed by atoms with van der Waals surface area (Å²) in [6.07, 6.45) is 7.87. The summed E-state index contributed by atoms with van der Waals surface area (Å²) < 4.78 is 0.